The monoisotopic (exact) mass is 302 g/mol. The summed E-state index contributed by atoms with van der Waals surface area (Å²) < 4.78 is 16.3. The molecule has 0 N–H and O–H groups in total. The van der Waals surface area contributed by atoms with Gasteiger partial charge in [0.15, 0.2) is 0 Å². The van der Waals surface area contributed by atoms with Crippen LogP contribution >= 0.6 is 0 Å². The van der Waals surface area contributed by atoms with Crippen LogP contribution in [-0.2, 0) is 22.6 Å². The second-order valence-corrected chi connectivity index (χ2v) is 12.1. The summed E-state index contributed by atoms with van der Waals surface area (Å²) in [7, 11) is -5.44. The zero-order valence-corrected chi connectivity index (χ0v) is 14.5. The van der Waals surface area contributed by atoms with Crippen molar-refractivity contribution in [2.75, 3.05) is 0 Å². The van der Waals surface area contributed by atoms with Gasteiger partial charge in [0, 0.05) is 11.1 Å². The van der Waals surface area contributed by atoms with Crippen molar-refractivity contribution in [3.8, 4) is 0 Å². The van der Waals surface area contributed by atoms with Gasteiger partial charge in [-0.25, -0.2) is 9.59 Å². The largest absolute Gasteiger partial charge is 0.492 e. The fourth-order valence-electron chi connectivity index (χ4n) is 1.25. The normalized spacial score (nSPS) is 11.7. The molecule has 0 aliphatic carbocycles. The van der Waals surface area contributed by atoms with E-state index in [-0.39, 0.29) is 0 Å². The molecule has 0 spiro atoms. The van der Waals surface area contributed by atoms with Gasteiger partial charge in [0.1, 0.15) is 0 Å². The van der Waals surface area contributed by atoms with Gasteiger partial charge in [0.05, 0.1) is 0 Å². The van der Waals surface area contributed by atoms with Crippen LogP contribution in [0.1, 0.15) is 13.8 Å². The van der Waals surface area contributed by atoms with Crippen molar-refractivity contribution >= 4 is 29.1 Å². The Hall–Kier alpha value is -1.19. The molecule has 5 nitrogen and oxygen atoms in total. The molecular formula is C12H22O5Si2. The Morgan fingerprint density at radius 2 is 1.05 bits per heavy atom. The third-order valence-electron chi connectivity index (χ3n) is 1.87. The van der Waals surface area contributed by atoms with Gasteiger partial charge in [0.2, 0.25) is 0 Å². The fraction of sp³-hybridized carbons (Fsp3) is 0.500. The number of carbonyl (C=O) groups is 2. The Labute approximate surface area is 116 Å². The van der Waals surface area contributed by atoms with Gasteiger partial charge < -0.3 is 13.0 Å². The second-order valence-electron chi connectivity index (χ2n) is 5.24. The topological polar surface area (TPSA) is 61.8 Å². The molecule has 0 amide bonds. The third-order valence-corrected chi connectivity index (χ3v) is 7.15. The molecule has 0 rings (SSSR count). The van der Waals surface area contributed by atoms with Gasteiger partial charge in [-0.1, -0.05) is 13.2 Å². The van der Waals surface area contributed by atoms with Crippen molar-refractivity contribution in [2.24, 2.45) is 0 Å². The van der Waals surface area contributed by atoms with Crippen LogP contribution in [0.2, 0.25) is 26.2 Å². The highest BCUT2D eigenvalue weighted by Crippen LogP contribution is 2.18. The molecule has 0 unspecified atom stereocenters. The number of hydrogen-bond donors (Lipinski definition) is 0. The minimum atomic E-state index is -2.72. The molecule has 0 atom stereocenters. The first-order valence-corrected chi connectivity index (χ1v) is 11.5. The van der Waals surface area contributed by atoms with Crippen LogP contribution in [0.15, 0.2) is 24.3 Å². The van der Waals surface area contributed by atoms with Crippen molar-refractivity contribution in [3.05, 3.63) is 24.3 Å². The smallest absolute Gasteiger partial charge is 0.387 e. The SMILES string of the molecule is C=C(C)C(=O)O[Si](C)(C)O[Si](C)(C)OC(=O)C(=C)C. The predicted octanol–water partition coefficient (Wildman–Crippen LogP) is 2.65. The van der Waals surface area contributed by atoms with Gasteiger partial charge in [0.25, 0.3) is 0 Å². The lowest BCUT2D eigenvalue weighted by Gasteiger charge is -2.31. The summed E-state index contributed by atoms with van der Waals surface area (Å²) in [5.74, 6) is -0.986. The minimum absolute atomic E-state index is 0.308. The lowest BCUT2D eigenvalue weighted by molar-refractivity contribution is -0.132. The van der Waals surface area contributed by atoms with Crippen LogP contribution in [-0.4, -0.2) is 29.1 Å². The van der Waals surface area contributed by atoms with Crippen LogP contribution in [0.3, 0.4) is 0 Å². The quantitative estimate of drug-likeness (QED) is 0.557. The Bertz CT molecular complexity index is 374. The zero-order valence-electron chi connectivity index (χ0n) is 12.5. The van der Waals surface area contributed by atoms with Gasteiger partial charge in [-0.2, -0.15) is 0 Å². The first-order valence-electron chi connectivity index (χ1n) is 5.84. The summed E-state index contributed by atoms with van der Waals surface area (Å²) in [5.41, 5.74) is 0.616. The number of hydrogen-bond acceptors (Lipinski definition) is 5. The van der Waals surface area contributed by atoms with Crippen molar-refractivity contribution in [2.45, 2.75) is 40.0 Å². The van der Waals surface area contributed by atoms with Crippen molar-refractivity contribution in [1.29, 1.82) is 0 Å². The van der Waals surface area contributed by atoms with Gasteiger partial charge >= 0.3 is 29.1 Å². The first-order chi connectivity index (χ1) is 8.36. The number of carbonyl (C=O) groups excluding carboxylic acids is 2. The molecule has 108 valence electrons. The molecule has 0 aliphatic heterocycles. The molecule has 0 aliphatic rings. The van der Waals surface area contributed by atoms with E-state index in [1.807, 2.05) is 0 Å². The van der Waals surface area contributed by atoms with Crippen molar-refractivity contribution in [1.82, 2.24) is 0 Å². The van der Waals surface area contributed by atoms with Gasteiger partial charge in [-0.3, -0.25) is 0 Å². The highest BCUT2D eigenvalue weighted by Gasteiger charge is 2.41. The van der Waals surface area contributed by atoms with Crippen LogP contribution < -0.4 is 0 Å². The van der Waals surface area contributed by atoms with E-state index >= 15 is 0 Å². The highest BCUT2D eigenvalue weighted by atomic mass is 28.5. The fourth-order valence-corrected chi connectivity index (χ4v) is 7.56. The van der Waals surface area contributed by atoms with E-state index in [9.17, 15) is 9.59 Å². The van der Waals surface area contributed by atoms with E-state index in [2.05, 4.69) is 13.2 Å². The molecule has 0 aromatic carbocycles. The second kappa shape index (κ2) is 6.31. The molecule has 0 saturated heterocycles. The van der Waals surface area contributed by atoms with Gasteiger partial charge in [-0.05, 0) is 40.0 Å². The molecule has 0 bridgehead atoms. The summed E-state index contributed by atoms with van der Waals surface area (Å²) in [6.07, 6.45) is 0. The maximum Gasteiger partial charge on any atom is 0.387 e. The molecule has 0 heterocycles. The first kappa shape index (κ1) is 17.8. The van der Waals surface area contributed by atoms with E-state index in [0.29, 0.717) is 11.1 Å². The molecule has 19 heavy (non-hydrogen) atoms. The summed E-state index contributed by atoms with van der Waals surface area (Å²) in [6.45, 7) is 17.0. The van der Waals surface area contributed by atoms with Crippen LogP contribution in [0, 0.1) is 0 Å². The molecule has 0 aromatic heterocycles. The lowest BCUT2D eigenvalue weighted by atomic mass is 10.4. The molecule has 0 fully saturated rings. The van der Waals surface area contributed by atoms with E-state index in [4.69, 9.17) is 13.0 Å². The average molecular weight is 302 g/mol. The van der Waals surface area contributed by atoms with E-state index in [1.165, 1.54) is 0 Å². The molecule has 7 heteroatoms. The lowest BCUT2D eigenvalue weighted by Crippen LogP contribution is -2.50. The Morgan fingerprint density at radius 1 is 0.789 bits per heavy atom. The Kier molecular flexibility index (Phi) is 5.92. The summed E-state index contributed by atoms with van der Waals surface area (Å²) in [4.78, 5) is 23.0. The minimum Gasteiger partial charge on any atom is -0.492 e. The Morgan fingerprint density at radius 3 is 1.26 bits per heavy atom. The van der Waals surface area contributed by atoms with Crippen molar-refractivity contribution in [3.63, 3.8) is 0 Å². The number of rotatable bonds is 6. The van der Waals surface area contributed by atoms with E-state index in [0.717, 1.165) is 0 Å². The zero-order chi connectivity index (χ0) is 15.4. The van der Waals surface area contributed by atoms with E-state index < -0.39 is 29.1 Å². The van der Waals surface area contributed by atoms with Crippen LogP contribution in [0.4, 0.5) is 0 Å². The third kappa shape index (κ3) is 7.09. The highest BCUT2D eigenvalue weighted by molar-refractivity contribution is 6.80. The van der Waals surface area contributed by atoms with Crippen molar-refractivity contribution < 1.29 is 22.6 Å². The maximum atomic E-state index is 11.5. The summed E-state index contributed by atoms with van der Waals surface area (Å²) >= 11 is 0. The summed E-state index contributed by atoms with van der Waals surface area (Å²) in [6, 6.07) is 0. The summed E-state index contributed by atoms with van der Waals surface area (Å²) in [5, 5.41) is 0. The molecule has 0 saturated carbocycles. The molecule has 0 radical (unpaired) electrons. The average Bonchev–Trinajstić information content (AvgIpc) is 2.13. The van der Waals surface area contributed by atoms with Crippen LogP contribution in [0.25, 0.3) is 0 Å². The predicted molar refractivity (Wildman–Crippen MR) is 77.9 cm³/mol. The van der Waals surface area contributed by atoms with Crippen LogP contribution in [0.5, 0.6) is 0 Å². The maximum absolute atomic E-state index is 11.5. The molecule has 0 aromatic rings. The van der Waals surface area contributed by atoms with E-state index in [1.54, 1.807) is 40.0 Å². The standard InChI is InChI=1S/C12H22O5Si2/c1-9(2)11(13)15-18(5,6)17-19(7,8)16-12(14)10(3)4/h1,3H2,2,4-8H3. The molecular weight excluding hydrogens is 280 g/mol. The Balaban J connectivity index is 4.71. The van der Waals surface area contributed by atoms with Gasteiger partial charge in [-0.15, -0.1) is 0 Å².